The summed E-state index contributed by atoms with van der Waals surface area (Å²) in [6.07, 6.45) is 5.79. The predicted molar refractivity (Wildman–Crippen MR) is 100 cm³/mol. The first kappa shape index (κ1) is 17.4. The number of hydrogen-bond donors (Lipinski definition) is 0. The zero-order valence-electron chi connectivity index (χ0n) is 14.5. The van der Waals surface area contributed by atoms with Gasteiger partial charge in [0, 0.05) is 18.0 Å². The number of nitrogens with zero attached hydrogens (tertiary/aromatic N) is 4. The van der Waals surface area contributed by atoms with Crippen molar-refractivity contribution in [1.82, 2.24) is 20.0 Å². The summed E-state index contributed by atoms with van der Waals surface area (Å²) >= 11 is 1.62. The van der Waals surface area contributed by atoms with E-state index < -0.39 is 6.04 Å². The van der Waals surface area contributed by atoms with Crippen LogP contribution in [0.25, 0.3) is 11.4 Å². The Morgan fingerprint density at radius 1 is 1.11 bits per heavy atom. The van der Waals surface area contributed by atoms with Crippen LogP contribution >= 0.6 is 11.8 Å². The van der Waals surface area contributed by atoms with Crippen LogP contribution in [-0.2, 0) is 0 Å². The van der Waals surface area contributed by atoms with Gasteiger partial charge in [-0.2, -0.15) is 16.7 Å². The minimum Gasteiger partial charge on any atom is -0.337 e. The summed E-state index contributed by atoms with van der Waals surface area (Å²) in [6.45, 7) is 0. The van der Waals surface area contributed by atoms with Crippen molar-refractivity contribution < 1.29 is 14.1 Å². The molecule has 2 amide bonds. The fraction of sp³-hybridized carbons (Fsp3) is 0.211. The average molecular weight is 380 g/mol. The number of amides is 2. The van der Waals surface area contributed by atoms with E-state index in [2.05, 4.69) is 15.1 Å². The highest BCUT2D eigenvalue weighted by atomic mass is 32.2. The van der Waals surface area contributed by atoms with E-state index in [-0.39, 0.29) is 17.7 Å². The Kier molecular flexibility index (Phi) is 4.72. The molecular weight excluding hydrogens is 364 g/mol. The molecule has 4 rings (SSSR count). The third-order valence-electron chi connectivity index (χ3n) is 4.38. The van der Waals surface area contributed by atoms with Gasteiger partial charge in [-0.1, -0.05) is 17.3 Å². The number of benzene rings is 1. The van der Waals surface area contributed by atoms with Gasteiger partial charge in [-0.05, 0) is 42.7 Å². The summed E-state index contributed by atoms with van der Waals surface area (Å²) in [5.74, 6) is 0.704. The Balaban J connectivity index is 1.70. The number of imide groups is 1. The van der Waals surface area contributed by atoms with Gasteiger partial charge in [0.1, 0.15) is 6.04 Å². The van der Waals surface area contributed by atoms with Crippen LogP contribution in [0.5, 0.6) is 0 Å². The zero-order chi connectivity index (χ0) is 18.8. The molecule has 0 aliphatic carbocycles. The highest BCUT2D eigenvalue weighted by Crippen LogP contribution is 2.34. The lowest BCUT2D eigenvalue weighted by molar-refractivity contribution is 0.0548. The maximum absolute atomic E-state index is 12.9. The number of pyridine rings is 1. The lowest BCUT2D eigenvalue weighted by Gasteiger charge is -2.22. The second-order valence-corrected chi connectivity index (χ2v) is 7.01. The molecule has 7 nitrogen and oxygen atoms in total. The number of carbonyl (C=O) groups is 2. The maximum atomic E-state index is 12.9. The number of hydrogen-bond acceptors (Lipinski definition) is 7. The van der Waals surface area contributed by atoms with Crippen molar-refractivity contribution in [2.45, 2.75) is 12.5 Å². The number of rotatable bonds is 6. The van der Waals surface area contributed by atoms with Gasteiger partial charge >= 0.3 is 0 Å². The van der Waals surface area contributed by atoms with E-state index >= 15 is 0 Å². The minimum atomic E-state index is -0.609. The average Bonchev–Trinajstić information content (AvgIpc) is 3.29. The van der Waals surface area contributed by atoms with Crippen LogP contribution < -0.4 is 0 Å². The van der Waals surface area contributed by atoms with Crippen molar-refractivity contribution in [2.24, 2.45) is 0 Å². The second-order valence-electron chi connectivity index (χ2n) is 6.02. The molecule has 0 fully saturated rings. The first-order valence-corrected chi connectivity index (χ1v) is 9.80. The lowest BCUT2D eigenvalue weighted by atomic mass is 10.1. The van der Waals surface area contributed by atoms with Gasteiger partial charge in [0.15, 0.2) is 0 Å². The lowest BCUT2D eigenvalue weighted by Crippen LogP contribution is -2.34. The summed E-state index contributed by atoms with van der Waals surface area (Å²) in [6, 6.07) is 9.81. The number of carbonyl (C=O) groups excluding carboxylic acids is 2. The normalized spacial score (nSPS) is 14.5. The fourth-order valence-electron chi connectivity index (χ4n) is 3.07. The minimum absolute atomic E-state index is 0.248. The van der Waals surface area contributed by atoms with E-state index in [1.165, 1.54) is 4.90 Å². The summed E-state index contributed by atoms with van der Waals surface area (Å²) in [5, 5.41) is 4.00. The molecule has 1 aliphatic heterocycles. The number of fused-ring (bicyclic) bond motifs is 1. The van der Waals surface area contributed by atoms with E-state index in [1.54, 1.807) is 54.5 Å². The predicted octanol–water partition coefficient (Wildman–Crippen LogP) is 3.22. The fourth-order valence-corrected chi connectivity index (χ4v) is 3.53. The molecule has 1 aliphatic rings. The molecule has 0 N–H and O–H groups in total. The molecule has 3 aromatic rings. The monoisotopic (exact) mass is 380 g/mol. The summed E-state index contributed by atoms with van der Waals surface area (Å²) in [7, 11) is 0. The third-order valence-corrected chi connectivity index (χ3v) is 5.02. The van der Waals surface area contributed by atoms with Gasteiger partial charge in [-0.3, -0.25) is 19.5 Å². The van der Waals surface area contributed by atoms with E-state index in [9.17, 15) is 9.59 Å². The molecule has 136 valence electrons. The standard InChI is InChI=1S/C19H16N4O3S/c1-27-10-8-15(17-21-16(22-26-17)12-5-4-9-20-11-12)23-18(24)13-6-2-3-7-14(13)19(23)25/h2-7,9,11,15H,8,10H2,1H3/t15-/m0/s1. The molecule has 1 atom stereocenters. The second kappa shape index (κ2) is 7.32. The molecule has 0 saturated carbocycles. The van der Waals surface area contributed by atoms with E-state index in [0.717, 1.165) is 5.75 Å². The van der Waals surface area contributed by atoms with E-state index in [0.29, 0.717) is 28.9 Å². The van der Waals surface area contributed by atoms with Gasteiger partial charge in [0.25, 0.3) is 11.8 Å². The van der Waals surface area contributed by atoms with Gasteiger partial charge in [-0.25, -0.2) is 0 Å². The largest absolute Gasteiger partial charge is 0.337 e. The maximum Gasteiger partial charge on any atom is 0.262 e. The van der Waals surface area contributed by atoms with Gasteiger partial charge in [0.05, 0.1) is 11.1 Å². The molecule has 3 heterocycles. The van der Waals surface area contributed by atoms with Crippen molar-refractivity contribution in [3.05, 3.63) is 65.8 Å². The van der Waals surface area contributed by atoms with E-state index in [4.69, 9.17) is 4.52 Å². The van der Waals surface area contributed by atoms with Crippen LogP contribution in [0.1, 0.15) is 39.1 Å². The molecule has 0 spiro atoms. The zero-order valence-corrected chi connectivity index (χ0v) is 15.3. The van der Waals surface area contributed by atoms with Crippen LogP contribution in [-0.4, -0.2) is 43.8 Å². The number of aromatic nitrogens is 3. The first-order chi connectivity index (χ1) is 13.2. The summed E-state index contributed by atoms with van der Waals surface area (Å²) in [5.41, 5.74) is 1.52. The van der Waals surface area contributed by atoms with Crippen molar-refractivity contribution in [2.75, 3.05) is 12.0 Å². The van der Waals surface area contributed by atoms with Crippen LogP contribution in [0.4, 0.5) is 0 Å². The van der Waals surface area contributed by atoms with E-state index in [1.807, 2.05) is 12.3 Å². The smallest absolute Gasteiger partial charge is 0.262 e. The van der Waals surface area contributed by atoms with Crippen LogP contribution in [0.3, 0.4) is 0 Å². The quantitative estimate of drug-likeness (QED) is 0.607. The Morgan fingerprint density at radius 3 is 2.48 bits per heavy atom. The molecule has 27 heavy (non-hydrogen) atoms. The van der Waals surface area contributed by atoms with Crippen molar-refractivity contribution >= 4 is 23.6 Å². The Labute approximate surface area is 159 Å². The molecule has 0 radical (unpaired) electrons. The molecule has 0 saturated heterocycles. The molecule has 8 heteroatoms. The molecular formula is C19H16N4O3S. The molecule has 1 aromatic carbocycles. The number of thioether (sulfide) groups is 1. The highest BCUT2D eigenvalue weighted by Gasteiger charge is 2.42. The molecule has 2 aromatic heterocycles. The summed E-state index contributed by atoms with van der Waals surface area (Å²) in [4.78, 5) is 35.4. The molecule has 0 bridgehead atoms. The first-order valence-electron chi connectivity index (χ1n) is 8.40. The van der Waals surface area contributed by atoms with Gasteiger partial charge in [-0.15, -0.1) is 0 Å². The Bertz CT molecular complexity index is 954. The Morgan fingerprint density at radius 2 is 1.85 bits per heavy atom. The van der Waals surface area contributed by atoms with Crippen LogP contribution in [0.2, 0.25) is 0 Å². The van der Waals surface area contributed by atoms with Crippen LogP contribution in [0, 0.1) is 0 Å². The third kappa shape index (κ3) is 3.12. The van der Waals surface area contributed by atoms with Crippen molar-refractivity contribution in [3.8, 4) is 11.4 Å². The molecule has 0 unspecified atom stereocenters. The van der Waals surface area contributed by atoms with Crippen molar-refractivity contribution in [1.29, 1.82) is 0 Å². The van der Waals surface area contributed by atoms with Crippen molar-refractivity contribution in [3.63, 3.8) is 0 Å². The highest BCUT2D eigenvalue weighted by molar-refractivity contribution is 7.98. The van der Waals surface area contributed by atoms with Gasteiger partial charge < -0.3 is 4.52 Å². The Hall–Kier alpha value is -3.00. The van der Waals surface area contributed by atoms with Gasteiger partial charge in [0.2, 0.25) is 11.7 Å². The topological polar surface area (TPSA) is 89.2 Å². The SMILES string of the molecule is CSCC[C@@H](c1nc(-c2cccnc2)no1)N1C(=O)c2ccccc2C1=O. The summed E-state index contributed by atoms with van der Waals surface area (Å²) < 4.78 is 5.44. The van der Waals surface area contributed by atoms with Crippen LogP contribution in [0.15, 0.2) is 53.3 Å².